The van der Waals surface area contributed by atoms with Gasteiger partial charge in [-0.1, -0.05) is 0 Å². The molecule has 0 saturated carbocycles. The van der Waals surface area contributed by atoms with Crippen molar-refractivity contribution in [2.24, 2.45) is 0 Å². The van der Waals surface area contributed by atoms with Crippen molar-refractivity contribution >= 4 is 23.9 Å². The Morgan fingerprint density at radius 1 is 1.75 bits per heavy atom. The monoisotopic (exact) mass is 133 g/mol. The van der Waals surface area contributed by atoms with E-state index in [1.54, 1.807) is 14.1 Å². The lowest BCUT2D eigenvalue weighted by Crippen LogP contribution is -2.21. The molecule has 0 rings (SSSR count). The third-order valence-electron chi connectivity index (χ3n) is 0.514. The minimum atomic E-state index is 0.181. The van der Waals surface area contributed by atoms with Crippen LogP contribution in [0.5, 0.6) is 0 Å². The molecule has 8 heavy (non-hydrogen) atoms. The quantitative estimate of drug-likeness (QED) is 0.372. The standard InChI is InChI=1S/C4H7NO2S/c1-5(2)4(8)7-3-6/h3H,1-2H3. The van der Waals surface area contributed by atoms with Crippen molar-refractivity contribution in [1.29, 1.82) is 0 Å². The molecule has 0 atom stereocenters. The Hall–Kier alpha value is -0.640. The molecule has 0 N–H and O–H groups in total. The molecular formula is C4H7NO2S. The molecule has 0 radical (unpaired) electrons. The van der Waals surface area contributed by atoms with Crippen molar-refractivity contribution in [2.75, 3.05) is 14.1 Å². The summed E-state index contributed by atoms with van der Waals surface area (Å²) in [5.41, 5.74) is 0. The van der Waals surface area contributed by atoms with Crippen LogP contribution in [0, 0.1) is 0 Å². The average Bonchev–Trinajstić information content (AvgIpc) is 1.67. The number of nitrogens with zero attached hydrogens (tertiary/aromatic N) is 1. The molecular weight excluding hydrogens is 126 g/mol. The predicted molar refractivity (Wildman–Crippen MR) is 33.4 cm³/mol. The zero-order valence-corrected chi connectivity index (χ0v) is 5.57. The minimum absolute atomic E-state index is 0.181. The summed E-state index contributed by atoms with van der Waals surface area (Å²) in [5, 5.41) is 0.181. The molecule has 4 heteroatoms. The Labute approximate surface area is 53.2 Å². The third-order valence-corrected chi connectivity index (χ3v) is 0.975. The average molecular weight is 133 g/mol. The van der Waals surface area contributed by atoms with Crippen molar-refractivity contribution < 1.29 is 9.53 Å². The number of carbonyl (C=O) groups excluding carboxylic acids is 1. The summed E-state index contributed by atoms with van der Waals surface area (Å²) in [5.74, 6) is 0. The van der Waals surface area contributed by atoms with Gasteiger partial charge in [-0.25, -0.2) is 0 Å². The number of hydrogen-bond donors (Lipinski definition) is 0. The molecule has 3 nitrogen and oxygen atoms in total. The van der Waals surface area contributed by atoms with Gasteiger partial charge in [0.2, 0.25) is 0 Å². The van der Waals surface area contributed by atoms with Crippen LogP contribution in [0.15, 0.2) is 0 Å². The van der Waals surface area contributed by atoms with Gasteiger partial charge in [-0.2, -0.15) is 0 Å². The van der Waals surface area contributed by atoms with Gasteiger partial charge in [0.25, 0.3) is 11.6 Å². The fourth-order valence-electron chi connectivity index (χ4n) is 0.147. The normalized spacial score (nSPS) is 7.75. The summed E-state index contributed by atoms with van der Waals surface area (Å²) in [7, 11) is 3.40. The smallest absolute Gasteiger partial charge is 0.300 e. The summed E-state index contributed by atoms with van der Waals surface area (Å²) in [6.45, 7) is 0.308. The van der Waals surface area contributed by atoms with Crippen LogP contribution >= 0.6 is 12.2 Å². The summed E-state index contributed by atoms with van der Waals surface area (Å²) in [6, 6.07) is 0. The van der Waals surface area contributed by atoms with E-state index in [2.05, 4.69) is 17.0 Å². The van der Waals surface area contributed by atoms with Gasteiger partial charge < -0.3 is 9.64 Å². The minimum Gasteiger partial charge on any atom is -0.401 e. The molecule has 0 amide bonds. The number of ether oxygens (including phenoxy) is 1. The largest absolute Gasteiger partial charge is 0.401 e. The van der Waals surface area contributed by atoms with E-state index >= 15 is 0 Å². The second-order valence-electron chi connectivity index (χ2n) is 1.37. The fourth-order valence-corrected chi connectivity index (χ4v) is 0.186. The van der Waals surface area contributed by atoms with Crippen molar-refractivity contribution in [3.8, 4) is 0 Å². The van der Waals surface area contributed by atoms with Crippen LogP contribution in [0.3, 0.4) is 0 Å². The van der Waals surface area contributed by atoms with Gasteiger partial charge in [0.15, 0.2) is 0 Å². The molecule has 0 heterocycles. The van der Waals surface area contributed by atoms with Crippen molar-refractivity contribution in [1.82, 2.24) is 4.90 Å². The highest BCUT2D eigenvalue weighted by Gasteiger charge is 1.94. The molecule has 0 bridgehead atoms. The van der Waals surface area contributed by atoms with Crippen LogP contribution in [0.4, 0.5) is 0 Å². The molecule has 0 aliphatic heterocycles. The van der Waals surface area contributed by atoms with Gasteiger partial charge in [0.05, 0.1) is 0 Å². The molecule has 0 aromatic heterocycles. The number of rotatable bonds is 1. The van der Waals surface area contributed by atoms with E-state index in [-0.39, 0.29) is 5.17 Å². The molecule has 0 aromatic carbocycles. The van der Waals surface area contributed by atoms with Gasteiger partial charge in [0, 0.05) is 14.1 Å². The highest BCUT2D eigenvalue weighted by Crippen LogP contribution is 1.81. The Morgan fingerprint density at radius 2 is 2.25 bits per heavy atom. The zero-order chi connectivity index (χ0) is 6.57. The van der Waals surface area contributed by atoms with Crippen LogP contribution in [0.25, 0.3) is 0 Å². The SMILES string of the molecule is CN(C)C(=S)OC=O. The molecule has 0 unspecified atom stereocenters. The predicted octanol–water partition coefficient (Wildman–Crippen LogP) is 0.00590. The van der Waals surface area contributed by atoms with Crippen molar-refractivity contribution in [3.63, 3.8) is 0 Å². The maximum absolute atomic E-state index is 9.58. The Balaban J connectivity index is 3.48. The van der Waals surface area contributed by atoms with Gasteiger partial charge >= 0.3 is 0 Å². The zero-order valence-electron chi connectivity index (χ0n) is 4.75. The molecule has 0 aliphatic rings. The number of thiocarbonyl (C=S) groups is 1. The van der Waals surface area contributed by atoms with Gasteiger partial charge in [-0.05, 0) is 12.2 Å². The van der Waals surface area contributed by atoms with E-state index < -0.39 is 0 Å². The molecule has 0 spiro atoms. The van der Waals surface area contributed by atoms with Gasteiger partial charge in [-0.3, -0.25) is 4.79 Å². The fraction of sp³-hybridized carbons (Fsp3) is 0.500. The highest BCUT2D eigenvalue weighted by atomic mass is 32.1. The Kier molecular flexibility index (Phi) is 3.10. The highest BCUT2D eigenvalue weighted by molar-refractivity contribution is 7.80. The molecule has 0 fully saturated rings. The summed E-state index contributed by atoms with van der Waals surface area (Å²) < 4.78 is 4.28. The first-order chi connectivity index (χ1) is 3.68. The lowest BCUT2D eigenvalue weighted by atomic mass is 10.9. The van der Waals surface area contributed by atoms with E-state index in [9.17, 15) is 4.79 Å². The first-order valence-electron chi connectivity index (χ1n) is 2.00. The lowest BCUT2D eigenvalue weighted by molar-refractivity contribution is -0.122. The van der Waals surface area contributed by atoms with Crippen molar-refractivity contribution in [2.45, 2.75) is 0 Å². The van der Waals surface area contributed by atoms with E-state index in [1.807, 2.05) is 0 Å². The van der Waals surface area contributed by atoms with Gasteiger partial charge in [0.1, 0.15) is 0 Å². The third kappa shape index (κ3) is 2.52. The molecule has 0 aromatic rings. The Bertz CT molecular complexity index is 102. The van der Waals surface area contributed by atoms with E-state index in [4.69, 9.17) is 0 Å². The molecule has 46 valence electrons. The topological polar surface area (TPSA) is 29.5 Å². The van der Waals surface area contributed by atoms with Crippen LogP contribution in [-0.4, -0.2) is 30.6 Å². The van der Waals surface area contributed by atoms with E-state index in [0.29, 0.717) is 6.47 Å². The van der Waals surface area contributed by atoms with Crippen LogP contribution in [0.1, 0.15) is 0 Å². The number of carbonyl (C=O) groups is 1. The first-order valence-corrected chi connectivity index (χ1v) is 2.41. The summed E-state index contributed by atoms with van der Waals surface area (Å²) in [6.07, 6.45) is 0. The first kappa shape index (κ1) is 7.36. The van der Waals surface area contributed by atoms with Crippen LogP contribution < -0.4 is 0 Å². The summed E-state index contributed by atoms with van der Waals surface area (Å²) in [4.78, 5) is 11.1. The maximum atomic E-state index is 9.58. The maximum Gasteiger partial charge on any atom is 0.300 e. The summed E-state index contributed by atoms with van der Waals surface area (Å²) >= 11 is 4.55. The van der Waals surface area contributed by atoms with E-state index in [1.165, 1.54) is 4.90 Å². The van der Waals surface area contributed by atoms with Crippen molar-refractivity contribution in [3.05, 3.63) is 0 Å². The second-order valence-corrected chi connectivity index (χ2v) is 1.72. The Morgan fingerprint density at radius 3 is 2.38 bits per heavy atom. The number of hydrogen-bond acceptors (Lipinski definition) is 3. The van der Waals surface area contributed by atoms with E-state index in [0.717, 1.165) is 0 Å². The second kappa shape index (κ2) is 3.37. The molecule has 0 aliphatic carbocycles. The van der Waals surface area contributed by atoms with Crippen LogP contribution in [-0.2, 0) is 9.53 Å². The lowest BCUT2D eigenvalue weighted by Gasteiger charge is -2.08. The van der Waals surface area contributed by atoms with Crippen LogP contribution in [0.2, 0.25) is 0 Å². The molecule has 0 saturated heterocycles. The van der Waals surface area contributed by atoms with Gasteiger partial charge in [-0.15, -0.1) is 0 Å².